The van der Waals surface area contributed by atoms with Gasteiger partial charge in [-0.2, -0.15) is 0 Å². The van der Waals surface area contributed by atoms with Crippen LogP contribution in [-0.2, 0) is 9.47 Å². The molecule has 0 fully saturated rings. The fourth-order valence-electron chi connectivity index (χ4n) is 0.972. The fourth-order valence-corrected chi connectivity index (χ4v) is 0.972. The Morgan fingerprint density at radius 3 is 2.64 bits per heavy atom. The first-order valence-corrected chi connectivity index (χ1v) is 5.40. The summed E-state index contributed by atoms with van der Waals surface area (Å²) in [5, 5.41) is 0. The molecule has 0 N–H and O–H groups in total. The van der Waals surface area contributed by atoms with Gasteiger partial charge in [0.2, 0.25) is 0 Å². The molecule has 0 aromatic heterocycles. The molecule has 0 aliphatic rings. The number of hydrogen-bond acceptors (Lipinski definition) is 2. The first kappa shape index (κ1) is 13.2. The summed E-state index contributed by atoms with van der Waals surface area (Å²) in [5.74, 6) is 0. The summed E-state index contributed by atoms with van der Waals surface area (Å²) in [6.07, 6.45) is 11.2. The highest BCUT2D eigenvalue weighted by molar-refractivity contribution is 4.99. The molecule has 2 heteroatoms. The van der Waals surface area contributed by atoms with E-state index < -0.39 is 0 Å². The molecule has 0 spiro atoms. The number of hydrogen-bond donors (Lipinski definition) is 0. The maximum Gasteiger partial charge on any atom is 0.196 e. The van der Waals surface area contributed by atoms with E-state index in [2.05, 4.69) is 13.0 Å². The van der Waals surface area contributed by atoms with Crippen molar-refractivity contribution in [2.24, 2.45) is 0 Å². The molecule has 2 nitrogen and oxygen atoms in total. The van der Waals surface area contributed by atoms with Gasteiger partial charge in [0.05, 0.1) is 6.26 Å². The molecule has 0 aromatic carbocycles. The van der Waals surface area contributed by atoms with Gasteiger partial charge in [0, 0.05) is 6.61 Å². The van der Waals surface area contributed by atoms with Crippen LogP contribution in [0.1, 0.15) is 40.0 Å². The summed E-state index contributed by atoms with van der Waals surface area (Å²) in [7, 11) is 0. The maximum atomic E-state index is 5.23. The van der Waals surface area contributed by atoms with Crippen LogP contribution in [0.5, 0.6) is 0 Å². The van der Waals surface area contributed by atoms with Crippen LogP contribution < -0.4 is 0 Å². The Labute approximate surface area is 87.6 Å². The van der Waals surface area contributed by atoms with E-state index in [1.54, 1.807) is 6.26 Å². The third kappa shape index (κ3) is 9.33. The third-order valence-corrected chi connectivity index (χ3v) is 1.72. The van der Waals surface area contributed by atoms with Gasteiger partial charge in [-0.25, -0.2) is 0 Å². The summed E-state index contributed by atoms with van der Waals surface area (Å²) >= 11 is 0. The highest BCUT2D eigenvalue weighted by atomic mass is 16.7. The first-order chi connectivity index (χ1) is 6.81. The summed E-state index contributed by atoms with van der Waals surface area (Å²) in [6, 6.07) is 0. The predicted octanol–water partition coefficient (Wildman–Crippen LogP) is 3.65. The predicted molar refractivity (Wildman–Crippen MR) is 60.0 cm³/mol. The van der Waals surface area contributed by atoms with Crippen LogP contribution in [0.25, 0.3) is 0 Å². The molecule has 0 heterocycles. The molecule has 0 aliphatic heterocycles. The Morgan fingerprint density at radius 1 is 1.21 bits per heavy atom. The molecule has 1 atom stereocenters. The van der Waals surface area contributed by atoms with Crippen molar-refractivity contribution in [2.75, 3.05) is 6.61 Å². The normalized spacial score (nSPS) is 13.9. The Balaban J connectivity index is 3.38. The zero-order valence-corrected chi connectivity index (χ0v) is 9.53. The molecule has 1 unspecified atom stereocenters. The molecule has 82 valence electrons. The lowest BCUT2D eigenvalue weighted by Crippen LogP contribution is -2.08. The van der Waals surface area contributed by atoms with E-state index in [0.29, 0.717) is 6.61 Å². The largest absolute Gasteiger partial charge is 0.473 e. The molecule has 0 aliphatic carbocycles. The zero-order chi connectivity index (χ0) is 10.6. The number of allylic oxidation sites excluding steroid dienone is 3. The molecule has 0 radical (unpaired) electrons. The molecule has 0 bridgehead atoms. The standard InChI is InChI=1S/C12H22O2/c1-4-6-7-8-9-10-11-14-12(3)13-5-2/h8-12H,4-7H2,1-3H3/b9-8-,11-10+. The highest BCUT2D eigenvalue weighted by Gasteiger charge is 1.94. The quantitative estimate of drug-likeness (QED) is 0.256. The van der Waals surface area contributed by atoms with Crippen LogP contribution in [-0.4, -0.2) is 12.9 Å². The minimum atomic E-state index is -0.153. The van der Waals surface area contributed by atoms with Crippen LogP contribution in [0.3, 0.4) is 0 Å². The van der Waals surface area contributed by atoms with Crippen LogP contribution in [0.4, 0.5) is 0 Å². The van der Waals surface area contributed by atoms with Crippen molar-refractivity contribution in [3.8, 4) is 0 Å². The number of unbranched alkanes of at least 4 members (excludes halogenated alkanes) is 2. The molecular formula is C12H22O2. The number of ether oxygens (including phenoxy) is 2. The van der Waals surface area contributed by atoms with Crippen molar-refractivity contribution < 1.29 is 9.47 Å². The van der Waals surface area contributed by atoms with Crippen LogP contribution in [0, 0.1) is 0 Å². The Morgan fingerprint density at radius 2 is 2.00 bits per heavy atom. The third-order valence-electron chi connectivity index (χ3n) is 1.72. The van der Waals surface area contributed by atoms with Gasteiger partial charge in [0.25, 0.3) is 0 Å². The van der Waals surface area contributed by atoms with Crippen molar-refractivity contribution in [2.45, 2.75) is 46.3 Å². The average Bonchev–Trinajstić information content (AvgIpc) is 2.17. The smallest absolute Gasteiger partial charge is 0.196 e. The van der Waals surface area contributed by atoms with Gasteiger partial charge in [0.1, 0.15) is 0 Å². The molecule has 0 rings (SSSR count). The lowest BCUT2D eigenvalue weighted by Gasteiger charge is -2.09. The van der Waals surface area contributed by atoms with Gasteiger partial charge in [-0.1, -0.05) is 31.9 Å². The van der Waals surface area contributed by atoms with E-state index in [4.69, 9.17) is 9.47 Å². The summed E-state index contributed by atoms with van der Waals surface area (Å²) in [4.78, 5) is 0. The van der Waals surface area contributed by atoms with E-state index >= 15 is 0 Å². The van der Waals surface area contributed by atoms with E-state index in [1.165, 1.54) is 12.8 Å². The Hall–Kier alpha value is -0.760. The topological polar surface area (TPSA) is 18.5 Å². The second kappa shape index (κ2) is 10.3. The minimum Gasteiger partial charge on any atom is -0.473 e. The van der Waals surface area contributed by atoms with Gasteiger partial charge in [0.15, 0.2) is 6.29 Å². The summed E-state index contributed by atoms with van der Waals surface area (Å²) in [6.45, 7) is 6.71. The molecule has 14 heavy (non-hydrogen) atoms. The first-order valence-electron chi connectivity index (χ1n) is 5.40. The van der Waals surface area contributed by atoms with Crippen molar-refractivity contribution in [3.63, 3.8) is 0 Å². The lowest BCUT2D eigenvalue weighted by molar-refractivity contribution is -0.0881. The monoisotopic (exact) mass is 198 g/mol. The molecular weight excluding hydrogens is 176 g/mol. The lowest BCUT2D eigenvalue weighted by atomic mass is 10.2. The minimum absolute atomic E-state index is 0.153. The van der Waals surface area contributed by atoms with Crippen LogP contribution in [0.2, 0.25) is 0 Å². The van der Waals surface area contributed by atoms with Crippen molar-refractivity contribution in [1.82, 2.24) is 0 Å². The van der Waals surface area contributed by atoms with E-state index in [1.807, 2.05) is 26.0 Å². The summed E-state index contributed by atoms with van der Waals surface area (Å²) in [5.41, 5.74) is 0. The number of rotatable bonds is 8. The van der Waals surface area contributed by atoms with Crippen molar-refractivity contribution in [3.05, 3.63) is 24.5 Å². The van der Waals surface area contributed by atoms with Crippen molar-refractivity contribution >= 4 is 0 Å². The SMILES string of the molecule is CCCC/C=C\C=C\OC(C)OCC. The van der Waals surface area contributed by atoms with Gasteiger partial charge < -0.3 is 9.47 Å². The van der Waals surface area contributed by atoms with Crippen LogP contribution >= 0.6 is 0 Å². The maximum absolute atomic E-state index is 5.23. The fraction of sp³-hybridized carbons (Fsp3) is 0.667. The second-order valence-electron chi connectivity index (χ2n) is 3.06. The van der Waals surface area contributed by atoms with Gasteiger partial charge in [-0.15, -0.1) is 0 Å². The van der Waals surface area contributed by atoms with Crippen LogP contribution in [0.15, 0.2) is 24.5 Å². The Bertz CT molecular complexity index is 162. The summed E-state index contributed by atoms with van der Waals surface area (Å²) < 4.78 is 10.4. The Kier molecular flexibility index (Phi) is 9.76. The van der Waals surface area contributed by atoms with E-state index in [0.717, 1.165) is 6.42 Å². The molecule has 0 amide bonds. The van der Waals surface area contributed by atoms with Gasteiger partial charge >= 0.3 is 0 Å². The second-order valence-corrected chi connectivity index (χ2v) is 3.06. The van der Waals surface area contributed by atoms with E-state index in [9.17, 15) is 0 Å². The van der Waals surface area contributed by atoms with Gasteiger partial charge in [-0.05, 0) is 26.3 Å². The zero-order valence-electron chi connectivity index (χ0n) is 9.53. The van der Waals surface area contributed by atoms with Crippen molar-refractivity contribution in [1.29, 1.82) is 0 Å². The molecule has 0 saturated carbocycles. The molecule has 0 aromatic rings. The van der Waals surface area contributed by atoms with Gasteiger partial charge in [-0.3, -0.25) is 0 Å². The molecule has 0 saturated heterocycles. The average molecular weight is 198 g/mol. The van der Waals surface area contributed by atoms with E-state index in [-0.39, 0.29) is 6.29 Å². The highest BCUT2D eigenvalue weighted by Crippen LogP contribution is 1.96.